The van der Waals surface area contributed by atoms with Gasteiger partial charge in [0.1, 0.15) is 5.75 Å². The van der Waals surface area contributed by atoms with Gasteiger partial charge in [-0.25, -0.2) is 0 Å². The van der Waals surface area contributed by atoms with Crippen molar-refractivity contribution in [2.45, 2.75) is 13.8 Å². The first-order valence-corrected chi connectivity index (χ1v) is 6.20. The maximum atomic E-state index is 11.5. The lowest BCUT2D eigenvalue weighted by atomic mass is 10.2. The van der Waals surface area contributed by atoms with Crippen molar-refractivity contribution in [3.63, 3.8) is 0 Å². The number of halogens is 1. The minimum Gasteiger partial charge on any atom is -0.492 e. The fraction of sp³-hybridized carbons (Fsp3) is 0.462. The number of aryl methyl sites for hydroxylation is 1. The van der Waals surface area contributed by atoms with Crippen LogP contribution in [0.2, 0.25) is 5.02 Å². The molecule has 1 rings (SSSR count). The molecule has 0 aromatic heterocycles. The number of nitrogens with zero attached hydrogens (tertiary/aromatic N) is 1. The minimum absolute atomic E-state index is 0.0133. The molecule has 1 aromatic carbocycles. The number of likely N-dealkylation sites (N-methyl/N-ethyl adjacent to an activating group) is 1. The summed E-state index contributed by atoms with van der Waals surface area (Å²) in [7, 11) is 3.45. The van der Waals surface area contributed by atoms with E-state index in [-0.39, 0.29) is 12.5 Å². The normalized spacial score (nSPS) is 10.1. The predicted octanol–water partition coefficient (Wildman–Crippen LogP) is 2.55. The molecule has 0 radical (unpaired) electrons. The van der Waals surface area contributed by atoms with Crippen LogP contribution in [0.15, 0.2) is 12.1 Å². The van der Waals surface area contributed by atoms with E-state index in [0.29, 0.717) is 17.4 Å². The molecule has 100 valence electrons. The summed E-state index contributed by atoms with van der Waals surface area (Å²) in [4.78, 5) is 13.0. The number of carbonyl (C=O) groups excluding carboxylic acids is 1. The first kappa shape index (κ1) is 14.6. The van der Waals surface area contributed by atoms with Gasteiger partial charge in [0.05, 0.1) is 18.2 Å². The average molecular weight is 271 g/mol. The molecule has 4 nitrogen and oxygen atoms in total. The molecule has 0 saturated carbocycles. The Morgan fingerprint density at radius 2 is 2.11 bits per heavy atom. The lowest BCUT2D eigenvalue weighted by molar-refractivity contribution is -0.126. The maximum Gasteiger partial charge on any atom is 0.241 e. The van der Waals surface area contributed by atoms with Crippen LogP contribution in [0.25, 0.3) is 0 Å². The molecule has 0 bridgehead atoms. The molecular weight excluding hydrogens is 252 g/mol. The van der Waals surface area contributed by atoms with Crippen LogP contribution in [0.5, 0.6) is 5.75 Å². The largest absolute Gasteiger partial charge is 0.492 e. The maximum absolute atomic E-state index is 11.5. The van der Waals surface area contributed by atoms with Gasteiger partial charge in [0.25, 0.3) is 0 Å². The second kappa shape index (κ2) is 6.50. The van der Waals surface area contributed by atoms with Crippen molar-refractivity contribution in [2.75, 3.05) is 32.6 Å². The van der Waals surface area contributed by atoms with E-state index in [9.17, 15) is 4.79 Å². The van der Waals surface area contributed by atoms with Crippen LogP contribution >= 0.6 is 11.6 Å². The molecule has 0 atom stereocenters. The summed E-state index contributed by atoms with van der Waals surface area (Å²) in [5.41, 5.74) is 1.84. The lowest BCUT2D eigenvalue weighted by Crippen LogP contribution is -2.28. The van der Waals surface area contributed by atoms with E-state index in [0.717, 1.165) is 11.3 Å². The number of hydrogen-bond acceptors (Lipinski definition) is 3. The molecule has 1 N–H and O–H groups in total. The third kappa shape index (κ3) is 3.81. The molecule has 1 amide bonds. The van der Waals surface area contributed by atoms with Gasteiger partial charge in [-0.2, -0.15) is 0 Å². The second-order valence-electron chi connectivity index (χ2n) is 4.17. The van der Waals surface area contributed by atoms with Crippen molar-refractivity contribution in [1.82, 2.24) is 4.90 Å². The van der Waals surface area contributed by atoms with Gasteiger partial charge in [0, 0.05) is 19.8 Å². The standard InChI is InChI=1S/C13H19ClN2O2/c1-5-18-12-6-9(2)11(7-10(12)14)15-8-13(17)16(3)4/h6-7,15H,5,8H2,1-4H3. The van der Waals surface area contributed by atoms with Crippen LogP contribution in [0, 0.1) is 6.92 Å². The monoisotopic (exact) mass is 270 g/mol. The Morgan fingerprint density at radius 1 is 1.44 bits per heavy atom. The molecule has 0 saturated heterocycles. The molecule has 0 fully saturated rings. The number of anilines is 1. The number of ether oxygens (including phenoxy) is 1. The second-order valence-corrected chi connectivity index (χ2v) is 4.58. The molecule has 0 unspecified atom stereocenters. The molecule has 0 aliphatic rings. The summed E-state index contributed by atoms with van der Waals surface area (Å²) < 4.78 is 5.40. The molecule has 18 heavy (non-hydrogen) atoms. The van der Waals surface area contributed by atoms with E-state index in [1.165, 1.54) is 0 Å². The van der Waals surface area contributed by atoms with E-state index < -0.39 is 0 Å². The van der Waals surface area contributed by atoms with E-state index in [2.05, 4.69) is 5.32 Å². The molecule has 0 spiro atoms. The predicted molar refractivity (Wildman–Crippen MR) is 74.5 cm³/mol. The van der Waals surface area contributed by atoms with Gasteiger partial charge >= 0.3 is 0 Å². The number of rotatable bonds is 5. The van der Waals surface area contributed by atoms with E-state index in [1.54, 1.807) is 25.1 Å². The highest BCUT2D eigenvalue weighted by Crippen LogP contribution is 2.30. The zero-order chi connectivity index (χ0) is 13.7. The number of benzene rings is 1. The molecular formula is C13H19ClN2O2. The van der Waals surface area contributed by atoms with Crippen LogP contribution in [0.4, 0.5) is 5.69 Å². The van der Waals surface area contributed by atoms with Crippen molar-refractivity contribution in [3.8, 4) is 5.75 Å². The van der Waals surface area contributed by atoms with Gasteiger partial charge in [0.2, 0.25) is 5.91 Å². The zero-order valence-corrected chi connectivity index (χ0v) is 12.0. The fourth-order valence-corrected chi connectivity index (χ4v) is 1.66. The number of hydrogen-bond donors (Lipinski definition) is 1. The molecule has 0 aliphatic carbocycles. The highest BCUT2D eigenvalue weighted by molar-refractivity contribution is 6.32. The van der Waals surface area contributed by atoms with E-state index in [4.69, 9.17) is 16.3 Å². The van der Waals surface area contributed by atoms with Gasteiger partial charge in [-0.05, 0) is 31.5 Å². The fourth-order valence-electron chi connectivity index (χ4n) is 1.44. The van der Waals surface area contributed by atoms with Crippen molar-refractivity contribution in [3.05, 3.63) is 22.7 Å². The van der Waals surface area contributed by atoms with Crippen molar-refractivity contribution in [2.24, 2.45) is 0 Å². The highest BCUT2D eigenvalue weighted by atomic mass is 35.5. The Labute approximate surface area is 113 Å². The third-order valence-electron chi connectivity index (χ3n) is 2.51. The van der Waals surface area contributed by atoms with Crippen LogP contribution in [-0.4, -0.2) is 38.1 Å². The Balaban J connectivity index is 2.78. The van der Waals surface area contributed by atoms with Crippen LogP contribution < -0.4 is 10.1 Å². The average Bonchev–Trinajstić information content (AvgIpc) is 2.31. The minimum atomic E-state index is 0.0133. The van der Waals surface area contributed by atoms with Crippen LogP contribution in [0.3, 0.4) is 0 Å². The summed E-state index contributed by atoms with van der Waals surface area (Å²) in [6.45, 7) is 4.68. The highest BCUT2D eigenvalue weighted by Gasteiger charge is 2.09. The van der Waals surface area contributed by atoms with Crippen molar-refractivity contribution >= 4 is 23.2 Å². The van der Waals surface area contributed by atoms with Gasteiger partial charge in [0.15, 0.2) is 0 Å². The van der Waals surface area contributed by atoms with Gasteiger partial charge in [-0.15, -0.1) is 0 Å². The number of amides is 1. The summed E-state index contributed by atoms with van der Waals surface area (Å²) in [5, 5.41) is 3.62. The smallest absolute Gasteiger partial charge is 0.241 e. The Morgan fingerprint density at radius 3 is 2.67 bits per heavy atom. The molecule has 0 aliphatic heterocycles. The first-order chi connectivity index (χ1) is 8.45. The van der Waals surface area contributed by atoms with E-state index in [1.807, 2.05) is 19.9 Å². The summed E-state index contributed by atoms with van der Waals surface area (Å²) in [5.74, 6) is 0.681. The summed E-state index contributed by atoms with van der Waals surface area (Å²) >= 11 is 6.10. The van der Waals surface area contributed by atoms with Crippen LogP contribution in [0.1, 0.15) is 12.5 Å². The molecule has 0 heterocycles. The quantitative estimate of drug-likeness (QED) is 0.894. The van der Waals surface area contributed by atoms with Gasteiger partial charge < -0.3 is 15.0 Å². The topological polar surface area (TPSA) is 41.6 Å². The molecule has 1 aromatic rings. The Bertz CT molecular complexity index is 433. The summed E-state index contributed by atoms with van der Waals surface area (Å²) in [6.07, 6.45) is 0. The van der Waals surface area contributed by atoms with Crippen molar-refractivity contribution in [1.29, 1.82) is 0 Å². The number of carbonyl (C=O) groups is 1. The van der Waals surface area contributed by atoms with Crippen LogP contribution in [-0.2, 0) is 4.79 Å². The Hall–Kier alpha value is -1.42. The van der Waals surface area contributed by atoms with Crippen molar-refractivity contribution < 1.29 is 9.53 Å². The SMILES string of the molecule is CCOc1cc(C)c(NCC(=O)N(C)C)cc1Cl. The van der Waals surface area contributed by atoms with Gasteiger partial charge in [-0.1, -0.05) is 11.6 Å². The first-order valence-electron chi connectivity index (χ1n) is 5.82. The molecule has 5 heteroatoms. The lowest BCUT2D eigenvalue weighted by Gasteiger charge is -2.15. The third-order valence-corrected chi connectivity index (χ3v) is 2.80. The number of nitrogens with one attached hydrogen (secondary N) is 1. The Kier molecular flexibility index (Phi) is 5.28. The summed E-state index contributed by atoms with van der Waals surface area (Å²) in [6, 6.07) is 3.65. The zero-order valence-electron chi connectivity index (χ0n) is 11.2. The van der Waals surface area contributed by atoms with E-state index >= 15 is 0 Å². The van der Waals surface area contributed by atoms with Gasteiger partial charge in [-0.3, -0.25) is 4.79 Å².